The fraction of sp³-hybridized carbons (Fsp3) is 0.611. The molecule has 1 aliphatic carbocycles. The number of carbonyl (C=O) groups is 1. The standard InChI is InChI=1S/C18H22Br2F3N5O/c1-10-14(19)11(2)27(25-10)8-3-7-24-13(29)6-9-28-16(12-4-5-12)15(20)17(26-28)18(21,22)23/h12H,3-9H2,1-2H3,(H,24,29). The van der Waals surface area contributed by atoms with Crippen molar-refractivity contribution in [3.63, 3.8) is 0 Å². The first-order valence-corrected chi connectivity index (χ1v) is 11.0. The lowest BCUT2D eigenvalue weighted by molar-refractivity contribution is -0.142. The minimum atomic E-state index is -4.52. The minimum Gasteiger partial charge on any atom is -0.356 e. The molecule has 0 bridgehead atoms. The molecule has 6 nitrogen and oxygen atoms in total. The van der Waals surface area contributed by atoms with Gasteiger partial charge in [0.15, 0.2) is 5.69 Å². The summed E-state index contributed by atoms with van der Waals surface area (Å²) in [6.45, 7) is 5.16. The Morgan fingerprint density at radius 2 is 1.83 bits per heavy atom. The summed E-state index contributed by atoms with van der Waals surface area (Å²) in [6.07, 6.45) is -2.05. The van der Waals surface area contributed by atoms with Crippen LogP contribution in [0.4, 0.5) is 13.2 Å². The number of aryl methyl sites for hydroxylation is 3. The Bertz CT molecular complexity index is 902. The normalized spacial score (nSPS) is 14.4. The Morgan fingerprint density at radius 3 is 2.38 bits per heavy atom. The monoisotopic (exact) mass is 539 g/mol. The van der Waals surface area contributed by atoms with Gasteiger partial charge in [0.05, 0.1) is 26.9 Å². The largest absolute Gasteiger partial charge is 0.436 e. The number of hydrogen-bond donors (Lipinski definition) is 1. The summed E-state index contributed by atoms with van der Waals surface area (Å²) >= 11 is 6.54. The van der Waals surface area contributed by atoms with Crippen LogP contribution in [-0.2, 0) is 24.1 Å². The van der Waals surface area contributed by atoms with Crippen LogP contribution in [0.3, 0.4) is 0 Å². The summed E-state index contributed by atoms with van der Waals surface area (Å²) in [6, 6.07) is 0. The molecule has 3 rings (SSSR count). The maximum atomic E-state index is 13.1. The highest BCUT2D eigenvalue weighted by Gasteiger charge is 2.41. The smallest absolute Gasteiger partial charge is 0.356 e. The number of halogens is 5. The summed E-state index contributed by atoms with van der Waals surface area (Å²) in [5.41, 5.74) is 1.57. The summed E-state index contributed by atoms with van der Waals surface area (Å²) in [5, 5.41) is 10.9. The molecule has 0 aromatic carbocycles. The van der Waals surface area contributed by atoms with Gasteiger partial charge < -0.3 is 5.32 Å². The van der Waals surface area contributed by atoms with Gasteiger partial charge in [-0.3, -0.25) is 14.2 Å². The van der Waals surface area contributed by atoms with E-state index in [0.717, 1.165) is 28.7 Å². The Morgan fingerprint density at radius 1 is 1.14 bits per heavy atom. The molecule has 0 spiro atoms. The van der Waals surface area contributed by atoms with Crippen LogP contribution in [0, 0.1) is 13.8 Å². The molecule has 1 saturated carbocycles. The van der Waals surface area contributed by atoms with Crippen LogP contribution in [0.2, 0.25) is 0 Å². The van der Waals surface area contributed by atoms with Crippen LogP contribution < -0.4 is 5.32 Å². The molecule has 29 heavy (non-hydrogen) atoms. The predicted molar refractivity (Wildman–Crippen MR) is 109 cm³/mol. The average Bonchev–Trinajstić information content (AvgIpc) is 3.37. The Labute approximate surface area is 183 Å². The van der Waals surface area contributed by atoms with E-state index in [9.17, 15) is 18.0 Å². The average molecular weight is 541 g/mol. The molecule has 0 atom stereocenters. The van der Waals surface area contributed by atoms with Crippen molar-refractivity contribution in [3.8, 4) is 0 Å². The zero-order valence-corrected chi connectivity index (χ0v) is 19.3. The second-order valence-electron chi connectivity index (χ2n) is 7.20. The first kappa shape index (κ1) is 22.3. The van der Waals surface area contributed by atoms with E-state index in [2.05, 4.69) is 47.4 Å². The molecule has 1 aliphatic rings. The van der Waals surface area contributed by atoms with Crippen molar-refractivity contribution in [2.75, 3.05) is 6.54 Å². The van der Waals surface area contributed by atoms with Gasteiger partial charge in [-0.1, -0.05) is 0 Å². The third-order valence-electron chi connectivity index (χ3n) is 4.88. The van der Waals surface area contributed by atoms with Gasteiger partial charge in [-0.25, -0.2) is 0 Å². The van der Waals surface area contributed by atoms with Crippen molar-refractivity contribution in [2.45, 2.75) is 64.7 Å². The number of alkyl halides is 3. The van der Waals surface area contributed by atoms with Crippen LogP contribution in [0.1, 0.15) is 54.4 Å². The molecule has 0 aliphatic heterocycles. The maximum absolute atomic E-state index is 13.1. The van der Waals surface area contributed by atoms with Crippen molar-refractivity contribution < 1.29 is 18.0 Å². The van der Waals surface area contributed by atoms with Gasteiger partial charge in [-0.15, -0.1) is 0 Å². The zero-order chi connectivity index (χ0) is 21.3. The topological polar surface area (TPSA) is 64.7 Å². The van der Waals surface area contributed by atoms with Crippen molar-refractivity contribution in [2.24, 2.45) is 0 Å². The number of carbonyl (C=O) groups excluding carboxylic acids is 1. The van der Waals surface area contributed by atoms with E-state index in [1.54, 1.807) is 0 Å². The minimum absolute atomic E-state index is 0.00366. The number of hydrogen-bond acceptors (Lipinski definition) is 3. The highest BCUT2D eigenvalue weighted by molar-refractivity contribution is 9.10. The van der Waals surface area contributed by atoms with Crippen molar-refractivity contribution >= 4 is 37.8 Å². The number of nitrogens with zero attached hydrogens (tertiary/aromatic N) is 4. The molecule has 160 valence electrons. The molecule has 0 radical (unpaired) electrons. The van der Waals surface area contributed by atoms with Gasteiger partial charge in [0, 0.05) is 31.1 Å². The van der Waals surface area contributed by atoms with E-state index in [1.807, 2.05) is 18.5 Å². The molecular weight excluding hydrogens is 519 g/mol. The molecule has 11 heteroatoms. The fourth-order valence-corrected chi connectivity index (χ4v) is 4.31. The second kappa shape index (κ2) is 8.79. The molecule has 2 heterocycles. The fourth-order valence-electron chi connectivity index (χ4n) is 3.20. The summed E-state index contributed by atoms with van der Waals surface area (Å²) in [7, 11) is 0. The van der Waals surface area contributed by atoms with Crippen molar-refractivity contribution in [1.82, 2.24) is 24.9 Å². The highest BCUT2D eigenvalue weighted by Crippen LogP contribution is 2.47. The summed E-state index contributed by atoms with van der Waals surface area (Å²) in [4.78, 5) is 12.1. The van der Waals surface area contributed by atoms with Gasteiger partial charge in [0.2, 0.25) is 5.91 Å². The van der Waals surface area contributed by atoms with E-state index < -0.39 is 11.9 Å². The van der Waals surface area contributed by atoms with E-state index >= 15 is 0 Å². The molecule has 1 amide bonds. The molecule has 0 saturated heterocycles. The molecular formula is C18H22Br2F3N5O. The highest BCUT2D eigenvalue weighted by atomic mass is 79.9. The lowest BCUT2D eigenvalue weighted by Gasteiger charge is -2.09. The summed E-state index contributed by atoms with van der Waals surface area (Å²) in [5.74, 6) is -0.127. The SMILES string of the molecule is Cc1nn(CCCNC(=O)CCn2nc(C(F)(F)F)c(Br)c2C2CC2)c(C)c1Br. The second-order valence-corrected chi connectivity index (χ2v) is 8.79. The maximum Gasteiger partial charge on any atom is 0.436 e. The van der Waals surface area contributed by atoms with Crippen molar-refractivity contribution in [3.05, 3.63) is 31.7 Å². The van der Waals surface area contributed by atoms with Crippen LogP contribution in [-0.4, -0.2) is 32.0 Å². The predicted octanol–water partition coefficient (Wildman–Crippen LogP) is 4.71. The van der Waals surface area contributed by atoms with Gasteiger partial charge in [0.1, 0.15) is 0 Å². The van der Waals surface area contributed by atoms with Crippen LogP contribution in [0.25, 0.3) is 0 Å². The van der Waals surface area contributed by atoms with E-state index in [-0.39, 0.29) is 29.3 Å². The van der Waals surface area contributed by atoms with Crippen LogP contribution in [0.5, 0.6) is 0 Å². The number of amides is 1. The number of nitrogens with one attached hydrogen (secondary N) is 1. The molecule has 0 unspecified atom stereocenters. The molecule has 2 aromatic rings. The van der Waals surface area contributed by atoms with Crippen LogP contribution >= 0.6 is 31.9 Å². The summed E-state index contributed by atoms with van der Waals surface area (Å²) < 4.78 is 43.6. The van der Waals surface area contributed by atoms with E-state index in [4.69, 9.17) is 0 Å². The quantitative estimate of drug-likeness (QED) is 0.493. The van der Waals surface area contributed by atoms with Crippen LogP contribution in [0.15, 0.2) is 8.95 Å². The lowest BCUT2D eigenvalue weighted by Crippen LogP contribution is -2.26. The Hall–Kier alpha value is -1.36. The third-order valence-corrected chi connectivity index (χ3v) is 6.81. The zero-order valence-electron chi connectivity index (χ0n) is 16.1. The third kappa shape index (κ3) is 5.22. The number of aromatic nitrogens is 4. The van der Waals surface area contributed by atoms with Gasteiger partial charge in [-0.05, 0) is 65.0 Å². The van der Waals surface area contributed by atoms with Gasteiger partial charge >= 0.3 is 6.18 Å². The molecule has 2 aromatic heterocycles. The van der Waals surface area contributed by atoms with Gasteiger partial charge in [-0.2, -0.15) is 23.4 Å². The first-order chi connectivity index (χ1) is 13.6. The Balaban J connectivity index is 1.50. The first-order valence-electron chi connectivity index (χ1n) is 9.39. The van der Waals surface area contributed by atoms with E-state index in [1.165, 1.54) is 4.68 Å². The number of rotatable bonds is 8. The molecule has 1 N–H and O–H groups in total. The van der Waals surface area contributed by atoms with Crippen molar-refractivity contribution in [1.29, 1.82) is 0 Å². The Kier molecular flexibility index (Phi) is 6.77. The van der Waals surface area contributed by atoms with E-state index in [0.29, 0.717) is 25.2 Å². The lowest BCUT2D eigenvalue weighted by atomic mass is 10.2. The molecule has 1 fully saturated rings. The van der Waals surface area contributed by atoms with Gasteiger partial charge in [0.25, 0.3) is 0 Å².